The average Bonchev–Trinajstić information content (AvgIpc) is 2.33. The Balaban J connectivity index is 2.33. The van der Waals surface area contributed by atoms with Gasteiger partial charge in [-0.05, 0) is 44.6 Å². The van der Waals surface area contributed by atoms with Crippen LogP contribution in [-0.4, -0.2) is 26.1 Å². The Hall–Kier alpha value is -1.53. The Labute approximate surface area is 109 Å². The zero-order valence-electron chi connectivity index (χ0n) is 11.3. The van der Waals surface area contributed by atoms with Crippen LogP contribution in [0.3, 0.4) is 0 Å². The number of ether oxygens (including phenoxy) is 1. The number of hydrogen-bond donors (Lipinski definition) is 0. The van der Waals surface area contributed by atoms with Crippen LogP contribution in [0.15, 0.2) is 24.3 Å². The van der Waals surface area contributed by atoms with Gasteiger partial charge < -0.3 is 9.64 Å². The summed E-state index contributed by atoms with van der Waals surface area (Å²) in [5, 5.41) is 9.52. The first-order valence-corrected chi connectivity index (χ1v) is 6.34. The van der Waals surface area contributed by atoms with Crippen molar-refractivity contribution >= 4 is 0 Å². The predicted molar refractivity (Wildman–Crippen MR) is 71.3 cm³/mol. The second-order valence-corrected chi connectivity index (χ2v) is 5.26. The Morgan fingerprint density at radius 1 is 1.28 bits per heavy atom. The van der Waals surface area contributed by atoms with Crippen molar-refractivity contribution in [1.82, 2.24) is 4.90 Å². The van der Waals surface area contributed by atoms with E-state index in [0.717, 1.165) is 25.0 Å². The van der Waals surface area contributed by atoms with Gasteiger partial charge in [0.05, 0.1) is 24.6 Å². The molecule has 96 valence electrons. The molecule has 1 fully saturated rings. The summed E-state index contributed by atoms with van der Waals surface area (Å²) in [4.78, 5) is 2.16. The predicted octanol–water partition coefficient (Wildman–Crippen LogP) is 2.99. The molecule has 0 aromatic heterocycles. The highest BCUT2D eigenvalue weighted by molar-refractivity contribution is 5.32. The van der Waals surface area contributed by atoms with Crippen LogP contribution in [0.1, 0.15) is 30.9 Å². The molecule has 2 rings (SSSR count). The van der Waals surface area contributed by atoms with Gasteiger partial charge >= 0.3 is 0 Å². The van der Waals surface area contributed by atoms with Crippen LogP contribution in [0, 0.1) is 16.7 Å². The van der Waals surface area contributed by atoms with Gasteiger partial charge in [-0.3, -0.25) is 0 Å². The van der Waals surface area contributed by atoms with Crippen molar-refractivity contribution < 1.29 is 4.74 Å². The fourth-order valence-corrected chi connectivity index (χ4v) is 2.90. The van der Waals surface area contributed by atoms with Gasteiger partial charge in [-0.2, -0.15) is 5.26 Å². The van der Waals surface area contributed by atoms with Crippen LogP contribution in [-0.2, 0) is 0 Å². The quantitative estimate of drug-likeness (QED) is 0.817. The maximum Gasteiger partial charge on any atom is 0.118 e. The maximum atomic E-state index is 9.52. The molecular formula is C15H20N2O. The molecule has 3 heteroatoms. The van der Waals surface area contributed by atoms with Crippen molar-refractivity contribution in [3.63, 3.8) is 0 Å². The number of rotatable bonds is 4. The topological polar surface area (TPSA) is 36.3 Å². The number of methoxy groups -OCH3 is 1. The Morgan fingerprint density at radius 2 is 1.89 bits per heavy atom. The summed E-state index contributed by atoms with van der Waals surface area (Å²) in [6.07, 6.45) is 3.16. The molecule has 18 heavy (non-hydrogen) atoms. The van der Waals surface area contributed by atoms with E-state index in [2.05, 4.69) is 23.1 Å². The van der Waals surface area contributed by atoms with Gasteiger partial charge in [0.1, 0.15) is 5.75 Å². The van der Waals surface area contributed by atoms with Gasteiger partial charge in [0.15, 0.2) is 0 Å². The first-order valence-electron chi connectivity index (χ1n) is 6.34. The molecule has 0 heterocycles. The third-order valence-corrected chi connectivity index (χ3v) is 3.94. The fraction of sp³-hybridized carbons (Fsp3) is 0.533. The molecule has 0 bridgehead atoms. The number of benzene rings is 1. The summed E-state index contributed by atoms with van der Waals surface area (Å²) in [7, 11) is 5.76. The molecular weight excluding hydrogens is 224 g/mol. The van der Waals surface area contributed by atoms with E-state index in [4.69, 9.17) is 4.74 Å². The van der Waals surface area contributed by atoms with Crippen molar-refractivity contribution in [2.45, 2.75) is 25.3 Å². The molecule has 1 aliphatic carbocycles. The minimum atomic E-state index is -0.210. The third kappa shape index (κ3) is 2.09. The second-order valence-electron chi connectivity index (χ2n) is 5.26. The van der Waals surface area contributed by atoms with Gasteiger partial charge in [0, 0.05) is 0 Å². The normalized spacial score (nSPS) is 18.8. The molecule has 0 amide bonds. The van der Waals surface area contributed by atoms with E-state index in [0.29, 0.717) is 0 Å². The van der Waals surface area contributed by atoms with E-state index < -0.39 is 0 Å². The van der Waals surface area contributed by atoms with Gasteiger partial charge in [-0.15, -0.1) is 0 Å². The lowest BCUT2D eigenvalue weighted by molar-refractivity contribution is 0.0748. The van der Waals surface area contributed by atoms with Crippen molar-refractivity contribution in [1.29, 1.82) is 5.26 Å². The van der Waals surface area contributed by atoms with Gasteiger partial charge in [0.2, 0.25) is 0 Å². The fourth-order valence-electron chi connectivity index (χ4n) is 2.90. The van der Waals surface area contributed by atoms with Crippen molar-refractivity contribution in [2.75, 3.05) is 21.2 Å². The monoisotopic (exact) mass is 244 g/mol. The first kappa shape index (κ1) is 12.9. The van der Waals surface area contributed by atoms with Crippen LogP contribution >= 0.6 is 0 Å². The molecule has 1 aliphatic rings. The van der Waals surface area contributed by atoms with Crippen molar-refractivity contribution in [2.24, 2.45) is 5.41 Å². The van der Waals surface area contributed by atoms with Crippen molar-refractivity contribution in [3.8, 4) is 11.8 Å². The van der Waals surface area contributed by atoms with E-state index in [1.54, 1.807) is 7.11 Å². The molecule has 0 radical (unpaired) electrons. The highest BCUT2D eigenvalue weighted by Gasteiger charge is 2.46. The molecule has 1 unspecified atom stereocenters. The van der Waals surface area contributed by atoms with Crippen LogP contribution in [0.4, 0.5) is 0 Å². The zero-order chi connectivity index (χ0) is 13.2. The summed E-state index contributed by atoms with van der Waals surface area (Å²) in [5.41, 5.74) is 0.986. The lowest BCUT2D eigenvalue weighted by Gasteiger charge is -2.45. The summed E-state index contributed by atoms with van der Waals surface area (Å²) in [5.74, 6) is 0.857. The van der Waals surface area contributed by atoms with E-state index in [1.165, 1.54) is 5.56 Å². The molecule has 1 aromatic carbocycles. The lowest BCUT2D eigenvalue weighted by atomic mass is 9.63. The minimum Gasteiger partial charge on any atom is -0.497 e. The Morgan fingerprint density at radius 3 is 2.22 bits per heavy atom. The summed E-state index contributed by atoms with van der Waals surface area (Å²) < 4.78 is 5.18. The molecule has 0 saturated heterocycles. The molecule has 0 spiro atoms. The summed E-state index contributed by atoms with van der Waals surface area (Å²) in [6.45, 7) is 0. The van der Waals surface area contributed by atoms with Crippen LogP contribution in [0.25, 0.3) is 0 Å². The maximum absolute atomic E-state index is 9.52. The van der Waals surface area contributed by atoms with Crippen molar-refractivity contribution in [3.05, 3.63) is 29.8 Å². The van der Waals surface area contributed by atoms with E-state index in [-0.39, 0.29) is 11.5 Å². The number of nitrogens with zero attached hydrogens (tertiary/aromatic N) is 2. The van der Waals surface area contributed by atoms with E-state index in [1.807, 2.05) is 26.2 Å². The molecule has 0 aliphatic heterocycles. The third-order valence-electron chi connectivity index (χ3n) is 3.94. The Bertz CT molecular complexity index is 441. The van der Waals surface area contributed by atoms with Gasteiger partial charge in [0.25, 0.3) is 0 Å². The minimum absolute atomic E-state index is 0.169. The van der Waals surface area contributed by atoms with E-state index in [9.17, 15) is 5.26 Å². The SMILES string of the molecule is COc1ccc(C(N(C)C)C2(C#N)CCC2)cc1. The standard InChI is InChI=1S/C15H20N2O/c1-17(2)14(15(11-16)9-4-10-15)12-5-7-13(18-3)8-6-12/h5-8,14H,4,9-10H2,1-3H3. The van der Waals surface area contributed by atoms with Crippen LogP contribution < -0.4 is 4.74 Å². The molecule has 1 aromatic rings. The Kier molecular flexibility index (Phi) is 3.58. The molecule has 0 N–H and O–H groups in total. The second kappa shape index (κ2) is 4.99. The number of nitriles is 1. The summed E-state index contributed by atoms with van der Waals surface area (Å²) in [6, 6.07) is 10.8. The largest absolute Gasteiger partial charge is 0.497 e. The lowest BCUT2D eigenvalue weighted by Crippen LogP contribution is -2.41. The summed E-state index contributed by atoms with van der Waals surface area (Å²) >= 11 is 0. The zero-order valence-corrected chi connectivity index (χ0v) is 11.3. The highest BCUT2D eigenvalue weighted by atomic mass is 16.5. The van der Waals surface area contributed by atoms with Crippen LogP contribution in [0.2, 0.25) is 0 Å². The van der Waals surface area contributed by atoms with Gasteiger partial charge in [-0.1, -0.05) is 18.6 Å². The molecule has 1 saturated carbocycles. The molecule has 3 nitrogen and oxygen atoms in total. The number of hydrogen-bond acceptors (Lipinski definition) is 3. The average molecular weight is 244 g/mol. The smallest absolute Gasteiger partial charge is 0.118 e. The van der Waals surface area contributed by atoms with Gasteiger partial charge in [-0.25, -0.2) is 0 Å². The molecule has 1 atom stereocenters. The van der Waals surface area contributed by atoms with E-state index >= 15 is 0 Å². The first-order chi connectivity index (χ1) is 8.63. The van der Waals surface area contributed by atoms with Crippen LogP contribution in [0.5, 0.6) is 5.75 Å². The highest BCUT2D eigenvalue weighted by Crippen LogP contribution is 2.51.